The molecule has 2 rings (SSSR count). The topological polar surface area (TPSA) is 88.5 Å². The van der Waals surface area contributed by atoms with Crippen LogP contribution in [0.5, 0.6) is 5.75 Å². The van der Waals surface area contributed by atoms with Crippen molar-refractivity contribution < 1.29 is 14.3 Å². The second-order valence-electron chi connectivity index (χ2n) is 6.45. The Morgan fingerprint density at radius 2 is 2.07 bits per heavy atom. The van der Waals surface area contributed by atoms with E-state index in [4.69, 9.17) is 4.74 Å². The van der Waals surface area contributed by atoms with Crippen LogP contribution >= 0.6 is 0 Å². The number of ether oxygens (including phenoxy) is 1. The van der Waals surface area contributed by atoms with Gasteiger partial charge in [-0.2, -0.15) is 0 Å². The number of carbonyl (C=O) groups excluding carboxylic acids is 2. The van der Waals surface area contributed by atoms with Crippen molar-refractivity contribution >= 4 is 17.6 Å². The molecule has 0 saturated heterocycles. The highest BCUT2D eigenvalue weighted by atomic mass is 16.5. The summed E-state index contributed by atoms with van der Waals surface area (Å²) >= 11 is 0. The monoisotopic (exact) mass is 373 g/mol. The number of imidazole rings is 1. The first-order valence-electron chi connectivity index (χ1n) is 8.81. The maximum atomic E-state index is 12.5. The predicted molar refractivity (Wildman–Crippen MR) is 104 cm³/mol. The van der Waals surface area contributed by atoms with Gasteiger partial charge in [-0.15, -0.1) is 0 Å². The summed E-state index contributed by atoms with van der Waals surface area (Å²) in [5.74, 6) is 1.05. The van der Waals surface area contributed by atoms with Crippen molar-refractivity contribution in [2.75, 3.05) is 26.5 Å². The van der Waals surface area contributed by atoms with Crippen LogP contribution in [0.3, 0.4) is 0 Å². The number of benzene rings is 1. The fourth-order valence-corrected chi connectivity index (χ4v) is 2.79. The molecule has 0 saturated carbocycles. The van der Waals surface area contributed by atoms with Crippen molar-refractivity contribution in [3.8, 4) is 5.75 Å². The summed E-state index contributed by atoms with van der Waals surface area (Å²) in [5, 5.41) is 5.73. The Morgan fingerprint density at radius 1 is 1.33 bits per heavy atom. The van der Waals surface area contributed by atoms with Gasteiger partial charge in [-0.1, -0.05) is 13.3 Å². The molecule has 1 aromatic heterocycles. The SMILES string of the molecule is CCC[C@H](NC(=O)Nc1ccc(OC)c(C(=O)N(C)C)c1)c1nccn1C. The van der Waals surface area contributed by atoms with E-state index < -0.39 is 0 Å². The Hall–Kier alpha value is -3.03. The molecule has 1 heterocycles. The molecule has 0 aliphatic carbocycles. The molecule has 1 atom stereocenters. The van der Waals surface area contributed by atoms with E-state index in [-0.39, 0.29) is 18.0 Å². The number of methoxy groups -OCH3 is 1. The summed E-state index contributed by atoms with van der Waals surface area (Å²) in [6, 6.07) is 4.41. The van der Waals surface area contributed by atoms with Crippen molar-refractivity contribution in [2.24, 2.45) is 7.05 Å². The van der Waals surface area contributed by atoms with Crippen LogP contribution in [0.25, 0.3) is 0 Å². The first-order chi connectivity index (χ1) is 12.9. The van der Waals surface area contributed by atoms with Gasteiger partial charge in [-0.3, -0.25) is 4.79 Å². The van der Waals surface area contributed by atoms with Gasteiger partial charge in [-0.25, -0.2) is 9.78 Å². The highest BCUT2D eigenvalue weighted by molar-refractivity contribution is 5.99. The molecule has 0 radical (unpaired) electrons. The van der Waals surface area contributed by atoms with E-state index >= 15 is 0 Å². The van der Waals surface area contributed by atoms with Gasteiger partial charge in [0.05, 0.1) is 18.7 Å². The van der Waals surface area contributed by atoms with E-state index in [1.54, 1.807) is 38.5 Å². The van der Waals surface area contributed by atoms with Crippen molar-refractivity contribution in [1.29, 1.82) is 0 Å². The lowest BCUT2D eigenvalue weighted by molar-refractivity contribution is 0.0824. The van der Waals surface area contributed by atoms with E-state index in [0.29, 0.717) is 17.0 Å². The third-order valence-electron chi connectivity index (χ3n) is 4.15. The maximum Gasteiger partial charge on any atom is 0.319 e. The smallest absolute Gasteiger partial charge is 0.319 e. The number of carbonyl (C=O) groups is 2. The number of rotatable bonds is 7. The molecule has 0 aliphatic heterocycles. The first-order valence-corrected chi connectivity index (χ1v) is 8.81. The molecule has 3 amide bonds. The Bertz CT molecular complexity index is 800. The lowest BCUT2D eigenvalue weighted by Gasteiger charge is -2.19. The first kappa shape index (κ1) is 20.3. The van der Waals surface area contributed by atoms with E-state index in [9.17, 15) is 9.59 Å². The zero-order valence-electron chi connectivity index (χ0n) is 16.4. The summed E-state index contributed by atoms with van der Waals surface area (Å²) in [5.41, 5.74) is 0.892. The van der Waals surface area contributed by atoms with Gasteiger partial charge in [0.25, 0.3) is 5.91 Å². The van der Waals surface area contributed by atoms with Gasteiger partial charge >= 0.3 is 6.03 Å². The number of urea groups is 1. The zero-order valence-corrected chi connectivity index (χ0v) is 16.4. The third-order valence-corrected chi connectivity index (χ3v) is 4.15. The van der Waals surface area contributed by atoms with Crippen LogP contribution in [0.4, 0.5) is 10.5 Å². The van der Waals surface area contributed by atoms with Crippen molar-refractivity contribution in [3.63, 3.8) is 0 Å². The van der Waals surface area contributed by atoms with Crippen LogP contribution in [0.15, 0.2) is 30.6 Å². The van der Waals surface area contributed by atoms with Crippen LogP contribution < -0.4 is 15.4 Å². The normalized spacial score (nSPS) is 11.6. The van der Waals surface area contributed by atoms with Crippen molar-refractivity contribution in [3.05, 3.63) is 42.0 Å². The number of aryl methyl sites for hydroxylation is 1. The molecule has 1 aromatic carbocycles. The lowest BCUT2D eigenvalue weighted by atomic mass is 10.1. The molecular formula is C19H27N5O3. The summed E-state index contributed by atoms with van der Waals surface area (Å²) < 4.78 is 7.14. The number of anilines is 1. The molecule has 0 spiro atoms. The van der Waals surface area contributed by atoms with Crippen LogP contribution in [0, 0.1) is 0 Å². The fraction of sp³-hybridized carbons (Fsp3) is 0.421. The maximum absolute atomic E-state index is 12.5. The summed E-state index contributed by atoms with van der Waals surface area (Å²) in [4.78, 5) is 30.6. The molecule has 146 valence electrons. The van der Waals surface area contributed by atoms with Crippen molar-refractivity contribution in [1.82, 2.24) is 19.8 Å². The largest absolute Gasteiger partial charge is 0.496 e. The van der Waals surface area contributed by atoms with Crippen LogP contribution in [0.2, 0.25) is 0 Å². The Kier molecular flexibility index (Phi) is 6.81. The molecule has 0 bridgehead atoms. The van der Waals surface area contributed by atoms with Gasteiger partial charge in [-0.05, 0) is 24.6 Å². The van der Waals surface area contributed by atoms with E-state index in [1.807, 2.05) is 17.8 Å². The van der Waals surface area contributed by atoms with E-state index in [1.165, 1.54) is 12.0 Å². The number of amides is 3. The van der Waals surface area contributed by atoms with Gasteiger partial charge < -0.3 is 24.8 Å². The second kappa shape index (κ2) is 9.07. The highest BCUT2D eigenvalue weighted by Crippen LogP contribution is 2.24. The molecule has 8 nitrogen and oxygen atoms in total. The Labute approximate surface area is 159 Å². The van der Waals surface area contributed by atoms with Crippen LogP contribution in [-0.4, -0.2) is 47.6 Å². The molecule has 8 heteroatoms. The zero-order chi connectivity index (χ0) is 20.0. The molecule has 0 unspecified atom stereocenters. The van der Waals surface area contributed by atoms with Gasteiger partial charge in [0.2, 0.25) is 0 Å². The summed E-state index contributed by atoms with van der Waals surface area (Å²) in [7, 11) is 6.73. The minimum absolute atomic E-state index is 0.198. The van der Waals surface area contributed by atoms with Crippen molar-refractivity contribution in [2.45, 2.75) is 25.8 Å². The third kappa shape index (κ3) is 4.99. The number of hydrogen-bond acceptors (Lipinski definition) is 4. The van der Waals surface area contributed by atoms with Gasteiger partial charge in [0.1, 0.15) is 11.6 Å². The number of hydrogen-bond donors (Lipinski definition) is 2. The second-order valence-corrected chi connectivity index (χ2v) is 6.45. The molecule has 0 aliphatic rings. The summed E-state index contributed by atoms with van der Waals surface area (Å²) in [6.45, 7) is 2.05. The minimum Gasteiger partial charge on any atom is -0.496 e. The predicted octanol–water partition coefficient (Wildman–Crippen LogP) is 2.79. The summed E-state index contributed by atoms with van der Waals surface area (Å²) in [6.07, 6.45) is 5.23. The highest BCUT2D eigenvalue weighted by Gasteiger charge is 2.19. The van der Waals surface area contributed by atoms with E-state index in [2.05, 4.69) is 22.5 Å². The Morgan fingerprint density at radius 3 is 2.63 bits per heavy atom. The van der Waals surface area contributed by atoms with Crippen LogP contribution in [0.1, 0.15) is 42.0 Å². The molecule has 2 N–H and O–H groups in total. The Balaban J connectivity index is 2.16. The fourth-order valence-electron chi connectivity index (χ4n) is 2.79. The number of nitrogens with zero attached hydrogens (tertiary/aromatic N) is 3. The average molecular weight is 373 g/mol. The van der Waals surface area contributed by atoms with Gasteiger partial charge in [0.15, 0.2) is 0 Å². The minimum atomic E-state index is -0.357. The standard InChI is InChI=1S/C19H27N5O3/c1-6-7-15(17-20-10-11-24(17)4)22-19(26)21-13-8-9-16(27-5)14(12-13)18(25)23(2)3/h8-12,15H,6-7H2,1-5H3,(H2,21,22,26)/t15-/m0/s1. The molecule has 2 aromatic rings. The van der Waals surface area contributed by atoms with Crippen LogP contribution in [-0.2, 0) is 7.05 Å². The number of nitrogens with one attached hydrogen (secondary N) is 2. The average Bonchev–Trinajstić information content (AvgIpc) is 3.06. The molecule has 0 fully saturated rings. The quantitative estimate of drug-likeness (QED) is 0.781. The number of aromatic nitrogens is 2. The molecular weight excluding hydrogens is 346 g/mol. The lowest BCUT2D eigenvalue weighted by Crippen LogP contribution is -2.34. The van der Waals surface area contributed by atoms with Gasteiger partial charge in [0, 0.05) is 39.2 Å². The molecule has 27 heavy (non-hydrogen) atoms. The van der Waals surface area contributed by atoms with E-state index in [0.717, 1.165) is 18.7 Å².